The Bertz CT molecular complexity index is 946. The Labute approximate surface area is 148 Å². The molecule has 6 nitrogen and oxygen atoms in total. The van der Waals surface area contributed by atoms with Gasteiger partial charge in [-0.3, -0.25) is 14.3 Å². The highest BCUT2D eigenvalue weighted by Crippen LogP contribution is 2.44. The van der Waals surface area contributed by atoms with E-state index in [0.717, 1.165) is 19.3 Å². The molecule has 2 aromatic rings. The lowest BCUT2D eigenvalue weighted by molar-refractivity contribution is 0.0603. The van der Waals surface area contributed by atoms with Crippen LogP contribution in [0, 0.1) is 4.77 Å². The van der Waals surface area contributed by atoms with Crippen molar-refractivity contribution in [3.05, 3.63) is 31.4 Å². The maximum absolute atomic E-state index is 12.5. The molecule has 0 radical (unpaired) electrons. The molecule has 8 heteroatoms. The first-order valence-electron chi connectivity index (χ1n) is 7.86. The molecule has 0 amide bonds. The minimum atomic E-state index is -0.646. The highest BCUT2D eigenvalue weighted by Gasteiger charge is 2.33. The number of H-pyrrole nitrogens is 1. The van der Waals surface area contributed by atoms with Gasteiger partial charge in [0.25, 0.3) is 5.56 Å². The molecule has 1 aliphatic rings. The van der Waals surface area contributed by atoms with Crippen LogP contribution in [-0.2, 0) is 4.74 Å². The summed E-state index contributed by atoms with van der Waals surface area (Å²) < 4.78 is 6.92. The number of pyridine rings is 1. The summed E-state index contributed by atoms with van der Waals surface area (Å²) in [6.07, 6.45) is 2.73. The average molecular weight is 368 g/mol. The number of fused-ring (bicyclic) bond motifs is 1. The Morgan fingerprint density at radius 3 is 2.75 bits per heavy atom. The molecule has 0 spiro atoms. The van der Waals surface area contributed by atoms with Crippen molar-refractivity contribution < 1.29 is 9.53 Å². The predicted molar refractivity (Wildman–Crippen MR) is 94.5 cm³/mol. The molecule has 1 fully saturated rings. The van der Waals surface area contributed by atoms with Crippen molar-refractivity contribution >= 4 is 40.8 Å². The molecule has 0 bridgehead atoms. The molecule has 128 valence electrons. The van der Waals surface area contributed by atoms with Crippen LogP contribution in [0.25, 0.3) is 11.0 Å². The summed E-state index contributed by atoms with van der Waals surface area (Å²) in [5.74, 6) is -0.434. The van der Waals surface area contributed by atoms with E-state index in [9.17, 15) is 9.59 Å². The standard InChI is InChI=1S/C16H18ClN3O3S/c1-4-7(2)20-13-10(14(21)19-16(20)24)9(15(22)23-3)11(17)12(18-13)8-5-6-8/h7-8H,4-6H2,1-3H3,(H,19,21,24)/t7-/m0/s1. The van der Waals surface area contributed by atoms with Crippen LogP contribution in [0.4, 0.5) is 0 Å². The molecular weight excluding hydrogens is 350 g/mol. The molecule has 0 aliphatic heterocycles. The average Bonchev–Trinajstić information content (AvgIpc) is 3.38. The highest BCUT2D eigenvalue weighted by molar-refractivity contribution is 7.71. The van der Waals surface area contributed by atoms with Crippen molar-refractivity contribution in [2.75, 3.05) is 7.11 Å². The maximum Gasteiger partial charge on any atom is 0.340 e. The minimum Gasteiger partial charge on any atom is -0.465 e. The molecule has 3 rings (SSSR count). The second kappa shape index (κ2) is 6.29. The number of methoxy groups -OCH3 is 1. The Kier molecular flexibility index (Phi) is 4.48. The van der Waals surface area contributed by atoms with Crippen LogP contribution in [0.2, 0.25) is 5.02 Å². The van der Waals surface area contributed by atoms with Gasteiger partial charge in [-0.2, -0.15) is 0 Å². The molecule has 0 aromatic carbocycles. The van der Waals surface area contributed by atoms with Crippen LogP contribution in [0.3, 0.4) is 0 Å². The van der Waals surface area contributed by atoms with Crippen LogP contribution in [-0.4, -0.2) is 27.6 Å². The molecule has 2 aromatic heterocycles. The van der Waals surface area contributed by atoms with Crippen LogP contribution in [0.5, 0.6) is 0 Å². The molecular formula is C16H18ClN3O3S. The summed E-state index contributed by atoms with van der Waals surface area (Å²) in [5.41, 5.74) is 0.623. The second-order valence-electron chi connectivity index (χ2n) is 6.04. The number of carbonyl (C=O) groups is 1. The van der Waals surface area contributed by atoms with Gasteiger partial charge < -0.3 is 4.74 Å². The fourth-order valence-electron chi connectivity index (χ4n) is 2.79. The second-order valence-corrected chi connectivity index (χ2v) is 6.80. The van der Waals surface area contributed by atoms with Crippen LogP contribution >= 0.6 is 23.8 Å². The first-order chi connectivity index (χ1) is 11.4. The van der Waals surface area contributed by atoms with E-state index >= 15 is 0 Å². The predicted octanol–water partition coefficient (Wildman–Crippen LogP) is 3.74. The molecule has 0 saturated heterocycles. The molecule has 1 N–H and O–H groups in total. The van der Waals surface area contributed by atoms with Crippen molar-refractivity contribution in [3.63, 3.8) is 0 Å². The van der Waals surface area contributed by atoms with Gasteiger partial charge in [0, 0.05) is 12.0 Å². The number of hydrogen-bond donors (Lipinski definition) is 1. The van der Waals surface area contributed by atoms with Crippen molar-refractivity contribution in [1.82, 2.24) is 14.5 Å². The number of aromatic nitrogens is 3. The van der Waals surface area contributed by atoms with E-state index < -0.39 is 11.5 Å². The van der Waals surface area contributed by atoms with Crippen molar-refractivity contribution in [2.24, 2.45) is 0 Å². The number of carbonyl (C=O) groups excluding carboxylic acids is 1. The fourth-order valence-corrected chi connectivity index (χ4v) is 3.51. The number of hydrogen-bond acceptors (Lipinski definition) is 5. The zero-order valence-electron chi connectivity index (χ0n) is 13.7. The van der Waals surface area contributed by atoms with Gasteiger partial charge in [-0.1, -0.05) is 18.5 Å². The zero-order chi connectivity index (χ0) is 17.6. The molecule has 2 heterocycles. The first-order valence-corrected chi connectivity index (χ1v) is 8.65. The largest absolute Gasteiger partial charge is 0.465 e. The van der Waals surface area contributed by atoms with Gasteiger partial charge in [0.15, 0.2) is 4.77 Å². The Morgan fingerprint density at radius 2 is 2.21 bits per heavy atom. The number of nitrogens with zero attached hydrogens (tertiary/aromatic N) is 2. The number of ether oxygens (including phenoxy) is 1. The summed E-state index contributed by atoms with van der Waals surface area (Å²) in [5, 5.41) is 0.334. The summed E-state index contributed by atoms with van der Waals surface area (Å²) in [6.45, 7) is 4.00. The summed E-state index contributed by atoms with van der Waals surface area (Å²) in [6, 6.07) is 0.0167. The normalized spacial score (nSPS) is 15.5. The first kappa shape index (κ1) is 17.1. The van der Waals surface area contributed by atoms with E-state index in [1.165, 1.54) is 7.11 Å². The Morgan fingerprint density at radius 1 is 1.54 bits per heavy atom. The van der Waals surface area contributed by atoms with Gasteiger partial charge in [-0.25, -0.2) is 9.78 Å². The van der Waals surface area contributed by atoms with Crippen molar-refractivity contribution in [3.8, 4) is 0 Å². The van der Waals surface area contributed by atoms with Gasteiger partial charge in [-0.05, 0) is 38.4 Å². The zero-order valence-corrected chi connectivity index (χ0v) is 15.3. The number of aromatic amines is 1. The number of halogens is 1. The maximum atomic E-state index is 12.5. The van der Waals surface area contributed by atoms with E-state index in [1.54, 1.807) is 4.57 Å². The minimum absolute atomic E-state index is 0.0167. The Hall–Kier alpha value is -1.73. The lowest BCUT2D eigenvalue weighted by atomic mass is 10.1. The quantitative estimate of drug-likeness (QED) is 0.658. The SMILES string of the molecule is CC[C@H](C)n1c(=S)[nH]c(=O)c2c(C(=O)OC)c(Cl)c(C3CC3)nc21. The molecule has 0 unspecified atom stereocenters. The smallest absolute Gasteiger partial charge is 0.340 e. The summed E-state index contributed by atoms with van der Waals surface area (Å²) in [4.78, 5) is 32.1. The van der Waals surface area contributed by atoms with Gasteiger partial charge in [-0.15, -0.1) is 0 Å². The van der Waals surface area contributed by atoms with Crippen LogP contribution in [0.1, 0.15) is 61.1 Å². The highest BCUT2D eigenvalue weighted by atomic mass is 35.5. The summed E-state index contributed by atoms with van der Waals surface area (Å²) >= 11 is 11.7. The molecule has 1 aliphatic carbocycles. The molecule has 24 heavy (non-hydrogen) atoms. The summed E-state index contributed by atoms with van der Waals surface area (Å²) in [7, 11) is 1.26. The van der Waals surface area contributed by atoms with Crippen molar-refractivity contribution in [1.29, 1.82) is 0 Å². The van der Waals surface area contributed by atoms with E-state index in [0.29, 0.717) is 11.3 Å². The van der Waals surface area contributed by atoms with Gasteiger partial charge in [0.2, 0.25) is 0 Å². The molecule has 1 atom stereocenters. The van der Waals surface area contributed by atoms with Gasteiger partial charge >= 0.3 is 5.97 Å². The van der Waals surface area contributed by atoms with Crippen LogP contribution < -0.4 is 5.56 Å². The van der Waals surface area contributed by atoms with Crippen LogP contribution in [0.15, 0.2) is 4.79 Å². The van der Waals surface area contributed by atoms with E-state index in [1.807, 2.05) is 13.8 Å². The lowest BCUT2D eigenvalue weighted by Gasteiger charge is -2.19. The number of rotatable bonds is 4. The Balaban J connectivity index is 2.52. The number of esters is 1. The third-order valence-corrected chi connectivity index (χ3v) is 5.11. The van der Waals surface area contributed by atoms with Gasteiger partial charge in [0.1, 0.15) is 5.65 Å². The van der Waals surface area contributed by atoms with E-state index in [4.69, 9.17) is 28.6 Å². The number of nitrogens with one attached hydrogen (secondary N) is 1. The third kappa shape index (κ3) is 2.65. The van der Waals surface area contributed by atoms with E-state index in [2.05, 4.69) is 9.97 Å². The van der Waals surface area contributed by atoms with Crippen molar-refractivity contribution in [2.45, 2.75) is 45.1 Å². The lowest BCUT2D eigenvalue weighted by Crippen LogP contribution is -2.22. The fraction of sp³-hybridized carbons (Fsp3) is 0.500. The monoisotopic (exact) mass is 367 g/mol. The molecule has 1 saturated carbocycles. The van der Waals surface area contributed by atoms with Gasteiger partial charge in [0.05, 0.1) is 28.8 Å². The van der Waals surface area contributed by atoms with E-state index in [-0.39, 0.29) is 32.7 Å². The third-order valence-electron chi connectivity index (χ3n) is 4.42. The topological polar surface area (TPSA) is 77.0 Å².